The molecule has 0 atom stereocenters. The highest BCUT2D eigenvalue weighted by atomic mass is 13.7. The molecular weight excluding hydrogens is 240 g/mol. The Bertz CT molecular complexity index is 39.2. The second-order valence-corrected chi connectivity index (χ2v) is 4.47. The van der Waals surface area contributed by atoms with Gasteiger partial charge in [-0.2, -0.15) is 0 Å². The Labute approximate surface area is 136 Å². The average molecular weight is 295 g/mol. The van der Waals surface area contributed by atoms with E-state index in [9.17, 15) is 0 Å². The lowest BCUT2D eigenvalue weighted by molar-refractivity contribution is 0.772. The van der Waals surface area contributed by atoms with Crippen molar-refractivity contribution in [2.75, 3.05) is 0 Å². The quantitative estimate of drug-likeness (QED) is 0.486. The molecule has 0 aromatic heterocycles. The summed E-state index contributed by atoms with van der Waals surface area (Å²) in [6.45, 7) is 21.5. The standard InChI is InChI=1S/C5H12.C4H10.3C3H8.2CH4/c1-3-5-4-2;1-3-4-2;3*1-3-2;;/h3-5H2,1-2H3;3-4H2,1-2H3;3*3H2,1-2H3;2*1H4. The molecule has 0 aromatic carbocycles. The van der Waals surface area contributed by atoms with Gasteiger partial charge in [-0.15, -0.1) is 0 Å². The van der Waals surface area contributed by atoms with Crippen LogP contribution in [0.5, 0.6) is 0 Å². The predicted molar refractivity (Wildman–Crippen MR) is 107 cm³/mol. The van der Waals surface area contributed by atoms with Gasteiger partial charge in [0.1, 0.15) is 0 Å². The minimum absolute atomic E-state index is 0. The van der Waals surface area contributed by atoms with Crippen LogP contribution in [0, 0.1) is 0 Å². The molecule has 0 heterocycles. The van der Waals surface area contributed by atoms with Gasteiger partial charge in [-0.05, 0) is 0 Å². The first kappa shape index (κ1) is 42.7. The van der Waals surface area contributed by atoms with Gasteiger partial charge in [-0.3, -0.25) is 0 Å². The van der Waals surface area contributed by atoms with E-state index in [1.54, 1.807) is 0 Å². The first-order valence-corrected chi connectivity index (χ1v) is 8.57. The predicted octanol–water partition coefficient (Wildman–Crippen LogP) is 9.52. The third-order valence-corrected chi connectivity index (χ3v) is 1.21. The minimum atomic E-state index is 0. The highest BCUT2D eigenvalue weighted by Crippen LogP contribution is 1.88. The Kier molecular flexibility index (Phi) is 205. The molecule has 0 aliphatic heterocycles. The van der Waals surface area contributed by atoms with Gasteiger partial charge in [0.15, 0.2) is 0 Å². The Morgan fingerprint density at radius 3 is 0.500 bits per heavy atom. The van der Waals surface area contributed by atoms with Gasteiger partial charge >= 0.3 is 0 Å². The van der Waals surface area contributed by atoms with Crippen LogP contribution in [-0.4, -0.2) is 0 Å². The van der Waals surface area contributed by atoms with Gasteiger partial charge < -0.3 is 0 Å². The summed E-state index contributed by atoms with van der Waals surface area (Å²) in [6, 6.07) is 0. The maximum absolute atomic E-state index is 2.21. The molecule has 0 saturated heterocycles. The van der Waals surface area contributed by atoms with Crippen molar-refractivity contribution in [2.45, 2.75) is 135 Å². The van der Waals surface area contributed by atoms with Crippen LogP contribution in [0.3, 0.4) is 0 Å². The number of hydrogen-bond donors (Lipinski definition) is 0. The normalized spacial score (nSPS) is 6.30. The molecule has 0 fully saturated rings. The van der Waals surface area contributed by atoms with Crippen molar-refractivity contribution in [3.8, 4) is 0 Å². The molecule has 0 aliphatic rings. The van der Waals surface area contributed by atoms with Crippen molar-refractivity contribution in [1.82, 2.24) is 0 Å². The van der Waals surface area contributed by atoms with Crippen molar-refractivity contribution in [3.05, 3.63) is 0 Å². The molecule has 0 N–H and O–H groups in total. The van der Waals surface area contributed by atoms with Crippen molar-refractivity contribution >= 4 is 0 Å². The summed E-state index contributed by atoms with van der Waals surface area (Å²) in [7, 11) is 0. The van der Waals surface area contributed by atoms with Crippen molar-refractivity contribution in [2.24, 2.45) is 0 Å². The average Bonchev–Trinajstić information content (AvgIpc) is 2.33. The third kappa shape index (κ3) is 578. The lowest BCUT2D eigenvalue weighted by Gasteiger charge is -1.79. The monoisotopic (exact) mass is 294 g/mol. The number of hydrogen-bond acceptors (Lipinski definition) is 0. The fourth-order valence-corrected chi connectivity index (χ4v) is 0.354. The molecule has 20 heavy (non-hydrogen) atoms. The topological polar surface area (TPSA) is 0 Å². The van der Waals surface area contributed by atoms with E-state index in [1.165, 1.54) is 51.4 Å². The molecule has 0 rings (SSSR count). The van der Waals surface area contributed by atoms with Crippen LogP contribution >= 0.6 is 0 Å². The van der Waals surface area contributed by atoms with Gasteiger partial charge in [0, 0.05) is 0 Å². The molecule has 0 heteroatoms. The minimum Gasteiger partial charge on any atom is -0.0776 e. The third-order valence-electron chi connectivity index (χ3n) is 1.21. The zero-order chi connectivity index (χ0) is 15.7. The Balaban J connectivity index is -0.0000000210. The largest absolute Gasteiger partial charge is 0.0776 e. The Hall–Kier alpha value is 0. The van der Waals surface area contributed by atoms with E-state index in [-0.39, 0.29) is 14.9 Å². The second-order valence-electron chi connectivity index (χ2n) is 4.47. The molecule has 0 amide bonds. The molecule has 0 nitrogen and oxygen atoms in total. The van der Waals surface area contributed by atoms with E-state index in [0.717, 1.165) is 0 Å². The van der Waals surface area contributed by atoms with Gasteiger partial charge in [0.2, 0.25) is 0 Å². The fourth-order valence-electron chi connectivity index (χ4n) is 0.354. The van der Waals surface area contributed by atoms with Gasteiger partial charge in [0.25, 0.3) is 0 Å². The van der Waals surface area contributed by atoms with Gasteiger partial charge in [-0.1, -0.05) is 135 Å². The summed E-state index contributed by atoms with van der Waals surface area (Å²) in [5, 5.41) is 0. The van der Waals surface area contributed by atoms with Gasteiger partial charge in [0.05, 0.1) is 0 Å². The van der Waals surface area contributed by atoms with Crippen molar-refractivity contribution in [3.63, 3.8) is 0 Å². The summed E-state index contributed by atoms with van der Waals surface area (Å²) in [4.78, 5) is 0. The van der Waals surface area contributed by atoms with Crippen molar-refractivity contribution < 1.29 is 0 Å². The summed E-state index contributed by atoms with van der Waals surface area (Å²) < 4.78 is 0. The Morgan fingerprint density at radius 2 is 0.500 bits per heavy atom. The maximum Gasteiger partial charge on any atom is -0.0538 e. The highest BCUT2D eigenvalue weighted by Gasteiger charge is 1.68. The van der Waals surface area contributed by atoms with E-state index >= 15 is 0 Å². The van der Waals surface area contributed by atoms with E-state index in [2.05, 4.69) is 69.2 Å². The first-order chi connectivity index (χ1) is 8.57. The molecular formula is C20H54. The summed E-state index contributed by atoms with van der Waals surface area (Å²) >= 11 is 0. The van der Waals surface area contributed by atoms with Crippen LogP contribution in [0.2, 0.25) is 0 Å². The molecule has 134 valence electrons. The zero-order valence-corrected chi connectivity index (χ0v) is 15.7. The molecule has 0 saturated carbocycles. The first-order valence-electron chi connectivity index (χ1n) is 8.57. The SMILES string of the molecule is C.C.CCC.CCC.CCC.CCCC.CCCCC. The zero-order valence-electron chi connectivity index (χ0n) is 15.7. The van der Waals surface area contributed by atoms with E-state index in [1.807, 2.05) is 0 Å². The lowest BCUT2D eigenvalue weighted by Crippen LogP contribution is -1.59. The second kappa shape index (κ2) is 96.2. The van der Waals surface area contributed by atoms with Crippen LogP contribution in [-0.2, 0) is 0 Å². The van der Waals surface area contributed by atoms with Gasteiger partial charge in [-0.25, -0.2) is 0 Å². The summed E-state index contributed by atoms with van der Waals surface area (Å²) in [5.41, 5.74) is 0. The number of rotatable bonds is 3. The molecule has 0 radical (unpaired) electrons. The van der Waals surface area contributed by atoms with Crippen LogP contribution in [0.4, 0.5) is 0 Å². The smallest absolute Gasteiger partial charge is 0.0538 e. The fraction of sp³-hybridized carbons (Fsp3) is 1.00. The number of unbranched alkanes of at least 4 members (excludes halogenated alkanes) is 3. The molecule has 0 spiro atoms. The molecule has 0 unspecified atom stereocenters. The van der Waals surface area contributed by atoms with Crippen LogP contribution in [0.15, 0.2) is 0 Å². The van der Waals surface area contributed by atoms with E-state index in [4.69, 9.17) is 0 Å². The van der Waals surface area contributed by atoms with E-state index in [0.29, 0.717) is 0 Å². The van der Waals surface area contributed by atoms with Crippen LogP contribution in [0.25, 0.3) is 0 Å². The summed E-state index contributed by atoms with van der Waals surface area (Å²) in [6.07, 6.45) is 10.5. The Morgan fingerprint density at radius 1 is 0.350 bits per heavy atom. The summed E-state index contributed by atoms with van der Waals surface area (Å²) in [5.74, 6) is 0. The lowest BCUT2D eigenvalue weighted by atomic mass is 10.3. The molecule has 0 bridgehead atoms. The van der Waals surface area contributed by atoms with Crippen LogP contribution < -0.4 is 0 Å². The highest BCUT2D eigenvalue weighted by molar-refractivity contribution is 4.24. The van der Waals surface area contributed by atoms with Crippen molar-refractivity contribution in [1.29, 1.82) is 0 Å². The molecule has 0 aromatic rings. The van der Waals surface area contributed by atoms with Crippen LogP contribution in [0.1, 0.15) is 135 Å². The maximum atomic E-state index is 2.21. The van der Waals surface area contributed by atoms with E-state index < -0.39 is 0 Å². The molecule has 0 aliphatic carbocycles.